The molecule has 148 valence electrons. The highest BCUT2D eigenvalue weighted by Crippen LogP contribution is 2.14. The van der Waals surface area contributed by atoms with Gasteiger partial charge in [-0.2, -0.15) is 0 Å². The standard InChI is InChI=1S/C21H25N3O4/c1-3-28-21(27)15-24(13-17-7-5-4-6-8-17)14-20(26)23-19-11-9-18(10-12-19)22-16(2)25/h4-12H,3,13-15H2,1-2H3,(H,22,25)(H,23,26). The summed E-state index contributed by atoms with van der Waals surface area (Å²) < 4.78 is 5.01. The molecule has 2 aromatic carbocycles. The van der Waals surface area contributed by atoms with Gasteiger partial charge in [-0.3, -0.25) is 19.3 Å². The van der Waals surface area contributed by atoms with Crippen LogP contribution in [0.25, 0.3) is 0 Å². The van der Waals surface area contributed by atoms with Crippen LogP contribution in [0.15, 0.2) is 54.6 Å². The molecule has 0 aliphatic heterocycles. The van der Waals surface area contributed by atoms with Crippen molar-refractivity contribution in [2.45, 2.75) is 20.4 Å². The highest BCUT2D eigenvalue weighted by atomic mass is 16.5. The number of benzene rings is 2. The minimum atomic E-state index is -0.370. The molecule has 0 aromatic heterocycles. The summed E-state index contributed by atoms with van der Waals surface area (Å²) in [5, 5.41) is 5.47. The molecule has 0 saturated heterocycles. The first kappa shape index (κ1) is 21.1. The number of esters is 1. The average Bonchev–Trinajstić information content (AvgIpc) is 2.64. The molecular weight excluding hydrogens is 358 g/mol. The molecule has 0 radical (unpaired) electrons. The summed E-state index contributed by atoms with van der Waals surface area (Å²) in [6.07, 6.45) is 0. The fourth-order valence-corrected chi connectivity index (χ4v) is 2.64. The summed E-state index contributed by atoms with van der Waals surface area (Å²) >= 11 is 0. The number of nitrogens with zero attached hydrogens (tertiary/aromatic N) is 1. The van der Waals surface area contributed by atoms with Gasteiger partial charge in [0, 0.05) is 24.8 Å². The molecule has 0 aliphatic rings. The topological polar surface area (TPSA) is 87.7 Å². The Hall–Kier alpha value is -3.19. The fourth-order valence-electron chi connectivity index (χ4n) is 2.64. The van der Waals surface area contributed by atoms with Crippen molar-refractivity contribution in [3.8, 4) is 0 Å². The van der Waals surface area contributed by atoms with Gasteiger partial charge in [0.25, 0.3) is 0 Å². The summed E-state index contributed by atoms with van der Waals surface area (Å²) in [4.78, 5) is 37.1. The number of ether oxygens (including phenoxy) is 1. The van der Waals surface area contributed by atoms with Crippen LogP contribution in [0.2, 0.25) is 0 Å². The Morgan fingerprint density at radius 3 is 2.07 bits per heavy atom. The van der Waals surface area contributed by atoms with Gasteiger partial charge < -0.3 is 15.4 Å². The van der Waals surface area contributed by atoms with E-state index in [-0.39, 0.29) is 30.9 Å². The third-order valence-electron chi connectivity index (χ3n) is 3.76. The van der Waals surface area contributed by atoms with Crippen molar-refractivity contribution in [3.63, 3.8) is 0 Å². The van der Waals surface area contributed by atoms with Gasteiger partial charge in [-0.05, 0) is 36.8 Å². The van der Waals surface area contributed by atoms with E-state index in [1.165, 1.54) is 6.92 Å². The second-order valence-corrected chi connectivity index (χ2v) is 6.24. The second-order valence-electron chi connectivity index (χ2n) is 6.24. The van der Waals surface area contributed by atoms with E-state index >= 15 is 0 Å². The molecule has 0 atom stereocenters. The normalized spacial score (nSPS) is 10.4. The van der Waals surface area contributed by atoms with E-state index in [0.29, 0.717) is 24.5 Å². The van der Waals surface area contributed by atoms with Gasteiger partial charge in [-0.15, -0.1) is 0 Å². The number of anilines is 2. The molecule has 0 spiro atoms. The van der Waals surface area contributed by atoms with Crippen LogP contribution in [0.1, 0.15) is 19.4 Å². The number of nitrogens with one attached hydrogen (secondary N) is 2. The Kier molecular flexibility index (Phi) is 8.17. The predicted molar refractivity (Wildman–Crippen MR) is 108 cm³/mol. The smallest absolute Gasteiger partial charge is 0.320 e. The molecule has 0 heterocycles. The molecule has 7 nitrogen and oxygen atoms in total. The Morgan fingerprint density at radius 1 is 0.893 bits per heavy atom. The molecule has 2 N–H and O–H groups in total. The number of hydrogen-bond donors (Lipinski definition) is 2. The molecular formula is C21H25N3O4. The number of carbonyl (C=O) groups is 3. The lowest BCUT2D eigenvalue weighted by molar-refractivity contribution is -0.144. The number of rotatable bonds is 9. The highest BCUT2D eigenvalue weighted by Gasteiger charge is 2.16. The van der Waals surface area contributed by atoms with Crippen molar-refractivity contribution in [2.75, 3.05) is 30.3 Å². The van der Waals surface area contributed by atoms with E-state index in [2.05, 4.69) is 10.6 Å². The van der Waals surface area contributed by atoms with Crippen molar-refractivity contribution in [1.29, 1.82) is 0 Å². The zero-order valence-corrected chi connectivity index (χ0v) is 16.1. The highest BCUT2D eigenvalue weighted by molar-refractivity contribution is 5.93. The minimum absolute atomic E-state index is 0.0254. The SMILES string of the molecule is CCOC(=O)CN(CC(=O)Nc1ccc(NC(C)=O)cc1)Cc1ccccc1. The summed E-state index contributed by atoms with van der Waals surface area (Å²) in [6.45, 7) is 4.00. The largest absolute Gasteiger partial charge is 0.465 e. The first-order valence-corrected chi connectivity index (χ1v) is 9.05. The fraction of sp³-hybridized carbons (Fsp3) is 0.286. The van der Waals surface area contributed by atoms with Gasteiger partial charge in [-0.1, -0.05) is 30.3 Å². The van der Waals surface area contributed by atoms with E-state index in [1.54, 1.807) is 36.1 Å². The molecule has 28 heavy (non-hydrogen) atoms. The second kappa shape index (κ2) is 10.8. The Labute approximate surface area is 164 Å². The molecule has 0 saturated carbocycles. The lowest BCUT2D eigenvalue weighted by atomic mass is 10.2. The van der Waals surface area contributed by atoms with Crippen LogP contribution in [0.5, 0.6) is 0 Å². The van der Waals surface area contributed by atoms with Crippen molar-refractivity contribution in [1.82, 2.24) is 4.90 Å². The van der Waals surface area contributed by atoms with Gasteiger partial charge in [-0.25, -0.2) is 0 Å². The van der Waals surface area contributed by atoms with Gasteiger partial charge >= 0.3 is 5.97 Å². The van der Waals surface area contributed by atoms with Crippen LogP contribution in [0.4, 0.5) is 11.4 Å². The lowest BCUT2D eigenvalue weighted by Gasteiger charge is -2.21. The van der Waals surface area contributed by atoms with E-state index < -0.39 is 0 Å². The van der Waals surface area contributed by atoms with Gasteiger partial charge in [0.2, 0.25) is 11.8 Å². The average molecular weight is 383 g/mol. The van der Waals surface area contributed by atoms with E-state index in [4.69, 9.17) is 4.74 Å². The van der Waals surface area contributed by atoms with Crippen molar-refractivity contribution in [3.05, 3.63) is 60.2 Å². The van der Waals surface area contributed by atoms with E-state index in [0.717, 1.165) is 5.56 Å². The monoisotopic (exact) mass is 383 g/mol. The minimum Gasteiger partial charge on any atom is -0.465 e. The van der Waals surface area contributed by atoms with Gasteiger partial charge in [0.1, 0.15) is 0 Å². The first-order chi connectivity index (χ1) is 13.5. The van der Waals surface area contributed by atoms with Crippen LogP contribution in [0, 0.1) is 0 Å². The number of carbonyl (C=O) groups excluding carboxylic acids is 3. The zero-order valence-electron chi connectivity index (χ0n) is 16.1. The lowest BCUT2D eigenvalue weighted by Crippen LogP contribution is -2.37. The molecule has 2 amide bonds. The molecule has 2 aromatic rings. The molecule has 2 rings (SSSR count). The molecule has 0 unspecified atom stereocenters. The maximum absolute atomic E-state index is 12.4. The van der Waals surface area contributed by atoms with Crippen LogP contribution in [-0.4, -0.2) is 42.4 Å². The Morgan fingerprint density at radius 2 is 1.50 bits per heavy atom. The molecule has 7 heteroatoms. The summed E-state index contributed by atoms with van der Waals surface area (Å²) in [5.41, 5.74) is 2.26. The molecule has 0 bridgehead atoms. The van der Waals surface area contributed by atoms with Crippen LogP contribution < -0.4 is 10.6 Å². The van der Waals surface area contributed by atoms with Gasteiger partial charge in [0.05, 0.1) is 19.7 Å². The molecule has 0 fully saturated rings. The number of hydrogen-bond acceptors (Lipinski definition) is 5. The quantitative estimate of drug-likeness (QED) is 0.650. The van der Waals surface area contributed by atoms with Gasteiger partial charge in [0.15, 0.2) is 0 Å². The Balaban J connectivity index is 1.98. The third kappa shape index (κ3) is 7.59. The third-order valence-corrected chi connectivity index (χ3v) is 3.76. The summed E-state index contributed by atoms with van der Waals surface area (Å²) in [5.74, 6) is -0.772. The van der Waals surface area contributed by atoms with E-state index in [1.807, 2.05) is 30.3 Å². The maximum Gasteiger partial charge on any atom is 0.320 e. The van der Waals surface area contributed by atoms with Crippen molar-refractivity contribution in [2.24, 2.45) is 0 Å². The number of amides is 2. The van der Waals surface area contributed by atoms with Crippen LogP contribution >= 0.6 is 0 Å². The van der Waals surface area contributed by atoms with Crippen LogP contribution in [-0.2, 0) is 25.7 Å². The summed E-state index contributed by atoms with van der Waals surface area (Å²) in [6, 6.07) is 16.4. The van der Waals surface area contributed by atoms with Crippen molar-refractivity contribution >= 4 is 29.2 Å². The van der Waals surface area contributed by atoms with E-state index in [9.17, 15) is 14.4 Å². The van der Waals surface area contributed by atoms with Crippen LogP contribution in [0.3, 0.4) is 0 Å². The zero-order chi connectivity index (χ0) is 20.4. The Bertz CT molecular complexity index is 791. The summed E-state index contributed by atoms with van der Waals surface area (Å²) in [7, 11) is 0. The maximum atomic E-state index is 12.4. The predicted octanol–water partition coefficient (Wildman–Crippen LogP) is 2.65. The first-order valence-electron chi connectivity index (χ1n) is 9.05. The van der Waals surface area contributed by atoms with Crippen molar-refractivity contribution < 1.29 is 19.1 Å². The molecule has 0 aliphatic carbocycles.